The van der Waals surface area contributed by atoms with Crippen LogP contribution in [0.2, 0.25) is 0 Å². The van der Waals surface area contributed by atoms with Crippen molar-refractivity contribution in [3.8, 4) is 11.4 Å². The van der Waals surface area contributed by atoms with Gasteiger partial charge in [0.15, 0.2) is 5.65 Å². The molecule has 4 heterocycles. The fraction of sp³-hybridized carbons (Fsp3) is 0.344. The van der Waals surface area contributed by atoms with E-state index in [-0.39, 0.29) is 64.2 Å². The number of aryl methyl sites for hydroxylation is 1. The fourth-order valence-electron chi connectivity index (χ4n) is 5.71. The van der Waals surface area contributed by atoms with E-state index < -0.39 is 17.3 Å². The third kappa shape index (κ3) is 5.35. The zero-order chi connectivity index (χ0) is 31.2. The summed E-state index contributed by atoms with van der Waals surface area (Å²) in [6.07, 6.45) is 2.59. The van der Waals surface area contributed by atoms with Crippen molar-refractivity contribution in [2.45, 2.75) is 59.0 Å². The Morgan fingerprint density at radius 2 is 1.88 bits per heavy atom. The standard InChI is InChI=1S/C32H34F2N6O3/c1-7-27(42)38-15-20(6)39(16-19(38)5)30-22-13-24(34)25(14-21-23(33)9-8-10-26(21)41)36-31(22)40(32(43)37-30)29-18(4)11-12-35-28(29)17(2)3/h7-13,17,19-20,41H,1,14-16H2,2-6H3/t19-,20+/m1/s1. The lowest BCUT2D eigenvalue weighted by molar-refractivity contribution is -0.128. The maximum atomic E-state index is 15.8. The number of phenolic OH excluding ortho intramolecular Hbond substituents is 1. The van der Waals surface area contributed by atoms with E-state index in [9.17, 15) is 19.1 Å². The van der Waals surface area contributed by atoms with E-state index >= 15 is 4.39 Å². The molecule has 3 aromatic heterocycles. The molecule has 224 valence electrons. The summed E-state index contributed by atoms with van der Waals surface area (Å²) in [6.45, 7) is 13.8. The zero-order valence-electron chi connectivity index (χ0n) is 24.8. The first-order chi connectivity index (χ1) is 20.4. The first kappa shape index (κ1) is 29.8. The molecule has 11 heteroatoms. The molecule has 0 saturated carbocycles. The number of rotatable bonds is 6. The number of aromatic nitrogens is 4. The molecule has 1 saturated heterocycles. The number of carbonyl (C=O) groups excluding carboxylic acids is 1. The van der Waals surface area contributed by atoms with Gasteiger partial charge in [-0.05, 0) is 62.6 Å². The second-order valence-corrected chi connectivity index (χ2v) is 11.3. The Kier molecular flexibility index (Phi) is 8.00. The molecule has 4 aromatic rings. The number of carbonyl (C=O) groups is 1. The molecule has 1 aliphatic rings. The second kappa shape index (κ2) is 11.5. The number of phenols is 1. The SMILES string of the molecule is C=CC(=O)N1C[C@H](C)N(c2nc(=O)n(-c3c(C)ccnc3C(C)C)c3nc(Cc4c(O)cccc4F)c(F)cc23)C[C@H]1C. The van der Waals surface area contributed by atoms with Crippen molar-refractivity contribution >= 4 is 22.8 Å². The molecule has 0 unspecified atom stereocenters. The molecular weight excluding hydrogens is 554 g/mol. The van der Waals surface area contributed by atoms with Gasteiger partial charge in [0.2, 0.25) is 5.91 Å². The van der Waals surface area contributed by atoms with Crippen LogP contribution in [0.15, 0.2) is 54.0 Å². The quantitative estimate of drug-likeness (QED) is 0.323. The molecule has 1 fully saturated rings. The Morgan fingerprint density at radius 3 is 2.56 bits per heavy atom. The van der Waals surface area contributed by atoms with E-state index in [1.54, 1.807) is 17.2 Å². The van der Waals surface area contributed by atoms with Gasteiger partial charge in [-0.2, -0.15) is 4.98 Å². The molecule has 1 N–H and O–H groups in total. The van der Waals surface area contributed by atoms with Gasteiger partial charge in [-0.1, -0.05) is 26.5 Å². The Morgan fingerprint density at radius 1 is 1.14 bits per heavy atom. The topological polar surface area (TPSA) is 104 Å². The van der Waals surface area contributed by atoms with Crippen LogP contribution < -0.4 is 10.6 Å². The Bertz CT molecular complexity index is 1780. The molecule has 9 nitrogen and oxygen atoms in total. The van der Waals surface area contributed by atoms with E-state index in [2.05, 4.69) is 21.5 Å². The van der Waals surface area contributed by atoms with Gasteiger partial charge in [0.25, 0.3) is 0 Å². The molecule has 2 atom stereocenters. The van der Waals surface area contributed by atoms with Crippen LogP contribution in [0.5, 0.6) is 5.75 Å². The van der Waals surface area contributed by atoms with Crippen LogP contribution in [0.25, 0.3) is 16.7 Å². The zero-order valence-corrected chi connectivity index (χ0v) is 24.8. The molecule has 1 aliphatic heterocycles. The minimum atomic E-state index is -0.739. The molecule has 43 heavy (non-hydrogen) atoms. The largest absolute Gasteiger partial charge is 0.508 e. The number of anilines is 1. The van der Waals surface area contributed by atoms with Gasteiger partial charge in [-0.25, -0.2) is 23.1 Å². The summed E-state index contributed by atoms with van der Waals surface area (Å²) in [6, 6.07) is 6.38. The number of nitrogens with zero attached hydrogens (tertiary/aromatic N) is 6. The minimum absolute atomic E-state index is 0.0665. The van der Waals surface area contributed by atoms with Crippen molar-refractivity contribution in [1.82, 2.24) is 24.4 Å². The first-order valence-electron chi connectivity index (χ1n) is 14.2. The minimum Gasteiger partial charge on any atom is -0.508 e. The van der Waals surface area contributed by atoms with E-state index in [4.69, 9.17) is 0 Å². The molecule has 0 aliphatic carbocycles. The first-order valence-corrected chi connectivity index (χ1v) is 14.2. The van der Waals surface area contributed by atoms with Crippen LogP contribution in [-0.2, 0) is 11.2 Å². The predicted molar refractivity (Wildman–Crippen MR) is 161 cm³/mol. The van der Waals surface area contributed by atoms with Crippen molar-refractivity contribution in [1.29, 1.82) is 0 Å². The van der Waals surface area contributed by atoms with E-state index in [0.717, 1.165) is 5.56 Å². The fourth-order valence-corrected chi connectivity index (χ4v) is 5.71. The lowest BCUT2D eigenvalue weighted by Gasteiger charge is -2.44. The van der Waals surface area contributed by atoms with E-state index in [1.807, 2.05) is 39.5 Å². The highest BCUT2D eigenvalue weighted by Gasteiger charge is 2.34. The molecule has 0 spiro atoms. The van der Waals surface area contributed by atoms with Crippen molar-refractivity contribution in [2.75, 3.05) is 18.0 Å². The number of piperazine rings is 1. The smallest absolute Gasteiger partial charge is 0.355 e. The monoisotopic (exact) mass is 588 g/mol. The third-order valence-electron chi connectivity index (χ3n) is 7.95. The number of pyridine rings is 2. The summed E-state index contributed by atoms with van der Waals surface area (Å²) in [5.74, 6) is -1.79. The molecular formula is C32H34F2N6O3. The number of amides is 1. The molecule has 1 amide bonds. The molecule has 5 rings (SSSR count). The van der Waals surface area contributed by atoms with Gasteiger partial charge in [0, 0.05) is 43.4 Å². The maximum Gasteiger partial charge on any atom is 0.355 e. The van der Waals surface area contributed by atoms with Crippen molar-refractivity contribution < 1.29 is 18.7 Å². The van der Waals surface area contributed by atoms with Crippen LogP contribution in [0.4, 0.5) is 14.6 Å². The predicted octanol–water partition coefficient (Wildman–Crippen LogP) is 4.79. The lowest BCUT2D eigenvalue weighted by atomic mass is 10.0. The number of halogens is 2. The summed E-state index contributed by atoms with van der Waals surface area (Å²) in [7, 11) is 0. The van der Waals surface area contributed by atoms with Gasteiger partial charge >= 0.3 is 5.69 Å². The maximum absolute atomic E-state index is 15.8. The highest BCUT2D eigenvalue weighted by Crippen LogP contribution is 2.33. The average Bonchev–Trinajstić information content (AvgIpc) is 2.96. The summed E-state index contributed by atoms with van der Waals surface area (Å²) in [5.41, 5.74) is 1.11. The van der Waals surface area contributed by atoms with Crippen molar-refractivity contribution in [3.63, 3.8) is 0 Å². The highest BCUT2D eigenvalue weighted by atomic mass is 19.1. The summed E-state index contributed by atoms with van der Waals surface area (Å²) < 4.78 is 31.8. The van der Waals surface area contributed by atoms with Gasteiger partial charge in [-0.15, -0.1) is 0 Å². The Labute approximate surface area is 248 Å². The van der Waals surface area contributed by atoms with Gasteiger partial charge < -0.3 is 14.9 Å². The molecule has 1 aromatic carbocycles. The van der Waals surface area contributed by atoms with Crippen LogP contribution in [0, 0.1) is 18.6 Å². The number of aromatic hydroxyl groups is 1. The second-order valence-electron chi connectivity index (χ2n) is 11.3. The number of hydrogen-bond donors (Lipinski definition) is 1. The summed E-state index contributed by atoms with van der Waals surface area (Å²) in [5, 5.41) is 10.6. The van der Waals surface area contributed by atoms with E-state index in [0.29, 0.717) is 24.5 Å². The summed E-state index contributed by atoms with van der Waals surface area (Å²) >= 11 is 0. The number of benzene rings is 1. The van der Waals surface area contributed by atoms with Gasteiger partial charge in [0.05, 0.1) is 22.5 Å². The molecule has 0 bridgehead atoms. The number of hydrogen-bond acceptors (Lipinski definition) is 7. The normalized spacial score (nSPS) is 17.1. The Hall–Kier alpha value is -4.67. The van der Waals surface area contributed by atoms with Crippen LogP contribution >= 0.6 is 0 Å². The van der Waals surface area contributed by atoms with Crippen LogP contribution in [0.3, 0.4) is 0 Å². The molecule has 0 radical (unpaired) electrons. The van der Waals surface area contributed by atoms with Crippen molar-refractivity contribution in [3.05, 3.63) is 93.8 Å². The van der Waals surface area contributed by atoms with Gasteiger partial charge in [0.1, 0.15) is 23.2 Å². The van der Waals surface area contributed by atoms with Crippen LogP contribution in [0.1, 0.15) is 56.1 Å². The third-order valence-corrected chi connectivity index (χ3v) is 7.95. The van der Waals surface area contributed by atoms with Crippen molar-refractivity contribution in [2.24, 2.45) is 0 Å². The highest BCUT2D eigenvalue weighted by molar-refractivity contribution is 5.90. The number of fused-ring (bicyclic) bond motifs is 1. The lowest BCUT2D eigenvalue weighted by Crippen LogP contribution is -2.58. The van der Waals surface area contributed by atoms with E-state index in [1.165, 1.54) is 34.9 Å². The summed E-state index contributed by atoms with van der Waals surface area (Å²) in [4.78, 5) is 43.6. The Balaban J connectivity index is 1.78. The van der Waals surface area contributed by atoms with Gasteiger partial charge in [-0.3, -0.25) is 9.78 Å². The average molecular weight is 589 g/mol. The van der Waals surface area contributed by atoms with Crippen LogP contribution in [-0.4, -0.2) is 60.6 Å².